The summed E-state index contributed by atoms with van der Waals surface area (Å²) in [6.45, 7) is 3.60. The fourth-order valence-electron chi connectivity index (χ4n) is 7.20. The minimum atomic E-state index is -1.60. The molecule has 1 fully saturated rings. The first kappa shape index (κ1) is 49.2. The van der Waals surface area contributed by atoms with Gasteiger partial charge >= 0.3 is 0 Å². The van der Waals surface area contributed by atoms with Gasteiger partial charge in [-0.05, 0) is 12.8 Å². The van der Waals surface area contributed by atoms with E-state index >= 15 is 0 Å². The van der Waals surface area contributed by atoms with Crippen molar-refractivity contribution in [1.29, 1.82) is 0 Å². The molecule has 0 saturated carbocycles. The van der Waals surface area contributed by atoms with Crippen molar-refractivity contribution in [3.63, 3.8) is 0 Å². The summed E-state index contributed by atoms with van der Waals surface area (Å²) >= 11 is 0. The molecule has 0 radical (unpaired) electrons. The van der Waals surface area contributed by atoms with Crippen LogP contribution in [0.15, 0.2) is 0 Å². The largest absolute Gasteiger partial charge is 0.394 e. The van der Waals surface area contributed by atoms with Gasteiger partial charge in [0.2, 0.25) is 5.91 Å². The number of amides is 1. The summed E-state index contributed by atoms with van der Waals surface area (Å²) in [7, 11) is 0. The highest BCUT2D eigenvalue weighted by molar-refractivity contribution is 5.76. The Morgan fingerprint density at radius 1 is 0.596 bits per heavy atom. The van der Waals surface area contributed by atoms with E-state index in [0.29, 0.717) is 6.42 Å². The third-order valence-electron chi connectivity index (χ3n) is 10.8. The zero-order chi connectivity index (χ0) is 38.2. The maximum absolute atomic E-state index is 12.9. The van der Waals surface area contributed by atoms with Crippen LogP contribution in [0.1, 0.15) is 200 Å². The van der Waals surface area contributed by atoms with Crippen LogP contribution in [0, 0.1) is 0 Å². The van der Waals surface area contributed by atoms with E-state index < -0.39 is 55.6 Å². The summed E-state index contributed by atoms with van der Waals surface area (Å²) in [4.78, 5) is 12.9. The summed E-state index contributed by atoms with van der Waals surface area (Å²) < 4.78 is 11.1. The number of nitrogens with one attached hydrogen (secondary N) is 1. The van der Waals surface area contributed by atoms with Crippen molar-refractivity contribution in [2.24, 2.45) is 0 Å². The Hall–Kier alpha value is -0.850. The van der Waals surface area contributed by atoms with Crippen LogP contribution in [0.25, 0.3) is 0 Å². The molecule has 7 N–H and O–H groups in total. The fourth-order valence-corrected chi connectivity index (χ4v) is 7.20. The molecule has 1 saturated heterocycles. The van der Waals surface area contributed by atoms with Crippen molar-refractivity contribution in [1.82, 2.24) is 5.32 Å². The molecule has 0 bridgehead atoms. The van der Waals surface area contributed by atoms with E-state index in [0.717, 1.165) is 44.9 Å². The monoisotopic (exact) mass is 746 g/mol. The van der Waals surface area contributed by atoms with Gasteiger partial charge in [-0.1, -0.05) is 181 Å². The van der Waals surface area contributed by atoms with E-state index in [1.54, 1.807) is 0 Å². The smallest absolute Gasteiger partial charge is 0.220 e. The maximum Gasteiger partial charge on any atom is 0.220 e. The molecule has 0 aromatic heterocycles. The Labute approximate surface area is 317 Å². The minimum Gasteiger partial charge on any atom is -0.394 e. The molecular weight excluding hydrogens is 662 g/mol. The Kier molecular flexibility index (Phi) is 31.7. The van der Waals surface area contributed by atoms with E-state index in [-0.39, 0.29) is 18.9 Å². The zero-order valence-electron chi connectivity index (χ0n) is 33.4. The Bertz CT molecular complexity index is 803. The SMILES string of the molecule is CCCCCCCCCCCCCCCC[C@@H](O)[C@@H](O)[C@H](CO[C@@H]1O[C@H](CO)[C@H](O)C(O)C1O)NC(=O)CCCCCCCCCCCCCCC. The van der Waals surface area contributed by atoms with E-state index in [4.69, 9.17) is 9.47 Å². The molecule has 0 spiro atoms. The van der Waals surface area contributed by atoms with Gasteiger partial charge in [-0.3, -0.25) is 4.79 Å². The Morgan fingerprint density at radius 3 is 1.42 bits per heavy atom. The van der Waals surface area contributed by atoms with E-state index in [1.807, 2.05) is 0 Å². The van der Waals surface area contributed by atoms with Gasteiger partial charge in [0.15, 0.2) is 6.29 Å². The van der Waals surface area contributed by atoms with Gasteiger partial charge in [-0.15, -0.1) is 0 Å². The van der Waals surface area contributed by atoms with Gasteiger partial charge in [0, 0.05) is 6.42 Å². The Morgan fingerprint density at radius 2 is 1.00 bits per heavy atom. The summed E-state index contributed by atoms with van der Waals surface area (Å²) in [5.41, 5.74) is 0. The molecule has 1 aliphatic rings. The summed E-state index contributed by atoms with van der Waals surface area (Å²) in [5.74, 6) is -0.256. The lowest BCUT2D eigenvalue weighted by Crippen LogP contribution is -2.60. The second-order valence-electron chi connectivity index (χ2n) is 15.6. The number of hydrogen-bond donors (Lipinski definition) is 7. The molecule has 1 aliphatic heterocycles. The van der Waals surface area contributed by atoms with E-state index in [1.165, 1.54) is 128 Å². The van der Waals surface area contributed by atoms with Crippen molar-refractivity contribution in [3.8, 4) is 0 Å². The van der Waals surface area contributed by atoms with Gasteiger partial charge in [0.25, 0.3) is 0 Å². The summed E-state index contributed by atoms with van der Waals surface area (Å²) in [5, 5.41) is 65.0. The molecule has 2 unspecified atom stereocenters. The predicted octanol–water partition coefficient (Wildman–Crippen LogP) is 7.36. The minimum absolute atomic E-state index is 0.256. The lowest BCUT2D eigenvalue weighted by Gasteiger charge is -2.40. The molecule has 8 atom stereocenters. The average molecular weight is 746 g/mol. The second-order valence-corrected chi connectivity index (χ2v) is 15.6. The van der Waals surface area contributed by atoms with Crippen molar-refractivity contribution in [2.75, 3.05) is 13.2 Å². The molecular formula is C42H83NO9. The fraction of sp³-hybridized carbons (Fsp3) is 0.976. The standard InChI is InChI=1S/C42H83NO9/c1-3-5-7-9-11-13-15-17-19-20-22-24-26-28-30-35(45)38(47)34(33-51-42-41(50)40(49)39(48)36(32-44)52-42)43-37(46)31-29-27-25-23-21-18-16-14-12-10-8-6-4-2/h34-36,38-42,44-45,47-50H,3-33H2,1-2H3,(H,43,46)/t34-,35+,36+,38-,39-,40?,41?,42+/m0/s1. The van der Waals surface area contributed by atoms with Crippen LogP contribution in [0.4, 0.5) is 0 Å². The third kappa shape index (κ3) is 23.8. The molecule has 0 aliphatic carbocycles. The van der Waals surface area contributed by atoms with E-state index in [9.17, 15) is 35.4 Å². The van der Waals surface area contributed by atoms with Crippen LogP contribution in [0.2, 0.25) is 0 Å². The molecule has 310 valence electrons. The summed E-state index contributed by atoms with van der Waals surface area (Å²) in [6.07, 6.45) is 23.9. The van der Waals surface area contributed by atoms with Gasteiger partial charge in [0.1, 0.15) is 30.5 Å². The normalized spacial score (nSPS) is 22.3. The topological polar surface area (TPSA) is 169 Å². The molecule has 0 aromatic carbocycles. The molecule has 52 heavy (non-hydrogen) atoms. The number of carbonyl (C=O) groups is 1. The van der Waals surface area contributed by atoms with Crippen LogP contribution in [-0.4, -0.2) is 98.7 Å². The lowest BCUT2D eigenvalue weighted by molar-refractivity contribution is -0.303. The molecule has 0 aromatic rings. The van der Waals surface area contributed by atoms with Gasteiger partial charge in [0.05, 0.1) is 25.4 Å². The van der Waals surface area contributed by atoms with Crippen molar-refractivity contribution in [2.45, 2.75) is 249 Å². The third-order valence-corrected chi connectivity index (χ3v) is 10.8. The average Bonchev–Trinajstić information content (AvgIpc) is 3.14. The summed E-state index contributed by atoms with van der Waals surface area (Å²) in [6, 6.07) is -0.983. The van der Waals surface area contributed by atoms with Crippen LogP contribution in [0.3, 0.4) is 0 Å². The zero-order valence-corrected chi connectivity index (χ0v) is 33.4. The van der Waals surface area contributed by atoms with Crippen molar-refractivity contribution >= 4 is 5.91 Å². The highest BCUT2D eigenvalue weighted by Crippen LogP contribution is 2.23. The van der Waals surface area contributed by atoms with E-state index in [2.05, 4.69) is 19.2 Å². The van der Waals surface area contributed by atoms with Gasteiger partial charge in [-0.25, -0.2) is 0 Å². The quantitative estimate of drug-likeness (QED) is 0.0324. The van der Waals surface area contributed by atoms with Crippen LogP contribution < -0.4 is 5.32 Å². The first-order chi connectivity index (χ1) is 25.3. The number of carbonyl (C=O) groups excluding carboxylic acids is 1. The molecule has 1 amide bonds. The lowest BCUT2D eigenvalue weighted by atomic mass is 9.98. The van der Waals surface area contributed by atoms with Crippen molar-refractivity contribution < 1.29 is 44.9 Å². The molecule has 1 rings (SSSR count). The van der Waals surface area contributed by atoms with Crippen LogP contribution in [0.5, 0.6) is 0 Å². The highest BCUT2D eigenvalue weighted by Gasteiger charge is 2.44. The number of hydrogen-bond acceptors (Lipinski definition) is 9. The molecule has 10 heteroatoms. The second kappa shape index (κ2) is 33.5. The highest BCUT2D eigenvalue weighted by atomic mass is 16.7. The molecule has 1 heterocycles. The Balaban J connectivity index is 2.43. The number of rotatable bonds is 36. The first-order valence-corrected chi connectivity index (χ1v) is 21.8. The number of aliphatic hydroxyl groups is 6. The number of ether oxygens (including phenoxy) is 2. The van der Waals surface area contributed by atoms with Gasteiger partial charge < -0.3 is 45.4 Å². The van der Waals surface area contributed by atoms with Gasteiger partial charge in [-0.2, -0.15) is 0 Å². The van der Waals surface area contributed by atoms with Crippen molar-refractivity contribution in [3.05, 3.63) is 0 Å². The predicted molar refractivity (Wildman–Crippen MR) is 209 cm³/mol. The maximum atomic E-state index is 12.9. The molecule has 10 nitrogen and oxygen atoms in total. The van der Waals surface area contributed by atoms with Crippen LogP contribution >= 0.6 is 0 Å². The number of unbranched alkanes of at least 4 members (excludes halogenated alkanes) is 25. The number of aliphatic hydroxyl groups excluding tert-OH is 6. The first-order valence-electron chi connectivity index (χ1n) is 21.8. The van der Waals surface area contributed by atoms with Crippen LogP contribution in [-0.2, 0) is 14.3 Å².